The second-order valence-corrected chi connectivity index (χ2v) is 10.6. The van der Waals surface area contributed by atoms with Crippen molar-refractivity contribution in [1.29, 1.82) is 0 Å². The highest BCUT2D eigenvalue weighted by molar-refractivity contribution is 5.89. The highest BCUT2D eigenvalue weighted by Gasteiger charge is 2.48. The summed E-state index contributed by atoms with van der Waals surface area (Å²) in [6.07, 6.45) is -4.88. The van der Waals surface area contributed by atoms with Gasteiger partial charge in [0.05, 0.1) is 37.8 Å². The summed E-state index contributed by atoms with van der Waals surface area (Å²) in [5.74, 6) is -1.74. The Kier molecular flexibility index (Phi) is 10.5. The third-order valence-electron chi connectivity index (χ3n) is 7.82. The fraction of sp³-hybridized carbons (Fsp3) is 0.586. The fourth-order valence-corrected chi connectivity index (χ4v) is 5.57. The van der Waals surface area contributed by atoms with E-state index in [4.69, 9.17) is 23.7 Å². The molecule has 0 aliphatic carbocycles. The minimum absolute atomic E-state index is 0.0388. The summed E-state index contributed by atoms with van der Waals surface area (Å²) in [5.41, 5.74) is 1.19. The summed E-state index contributed by atoms with van der Waals surface area (Å²) in [6.45, 7) is 3.24. The molecule has 1 aromatic carbocycles. The van der Waals surface area contributed by atoms with E-state index in [-0.39, 0.29) is 42.5 Å². The van der Waals surface area contributed by atoms with Crippen molar-refractivity contribution in [2.45, 2.75) is 81.3 Å². The van der Waals surface area contributed by atoms with Crippen LogP contribution >= 0.6 is 0 Å². The number of Topliss-reactive ketones (excluding diaryl/α,β-unsaturated/α-hetero) is 1. The molecule has 2 saturated heterocycles. The van der Waals surface area contributed by atoms with Crippen molar-refractivity contribution >= 4 is 11.8 Å². The maximum Gasteiger partial charge on any atom is 0.337 e. The summed E-state index contributed by atoms with van der Waals surface area (Å²) >= 11 is 0. The zero-order valence-electron chi connectivity index (χ0n) is 22.8. The van der Waals surface area contributed by atoms with E-state index in [1.165, 1.54) is 19.4 Å². The van der Waals surface area contributed by atoms with Crippen LogP contribution in [0.5, 0.6) is 5.75 Å². The van der Waals surface area contributed by atoms with Gasteiger partial charge in [0.15, 0.2) is 6.29 Å². The molecule has 5 N–H and O–H groups in total. The van der Waals surface area contributed by atoms with Crippen LogP contribution < -0.4 is 0 Å². The van der Waals surface area contributed by atoms with Crippen LogP contribution in [-0.4, -0.2) is 100 Å². The van der Waals surface area contributed by atoms with Gasteiger partial charge in [0.25, 0.3) is 0 Å². The van der Waals surface area contributed by atoms with Crippen molar-refractivity contribution < 1.29 is 58.8 Å². The van der Waals surface area contributed by atoms with Crippen molar-refractivity contribution in [3.63, 3.8) is 0 Å². The van der Waals surface area contributed by atoms with Crippen LogP contribution in [0.25, 0.3) is 0 Å². The number of hydrogen-bond acceptors (Lipinski definition) is 12. The molecule has 0 radical (unpaired) electrons. The second-order valence-electron chi connectivity index (χ2n) is 10.6. The quantitative estimate of drug-likeness (QED) is 0.192. The summed E-state index contributed by atoms with van der Waals surface area (Å²) in [4.78, 5) is 25.4. The molecule has 10 atom stereocenters. The number of phenols is 1. The van der Waals surface area contributed by atoms with Gasteiger partial charge in [0, 0.05) is 24.7 Å². The number of esters is 1. The topological polar surface area (TPSA) is 181 Å². The van der Waals surface area contributed by atoms with Crippen molar-refractivity contribution in [3.8, 4) is 5.75 Å². The summed E-state index contributed by atoms with van der Waals surface area (Å²) in [6, 6.07) is 6.85. The Balaban J connectivity index is 1.48. The third kappa shape index (κ3) is 7.33. The highest BCUT2D eigenvalue weighted by atomic mass is 16.8. The molecule has 1 aromatic rings. The minimum Gasteiger partial charge on any atom is -0.508 e. The lowest BCUT2D eigenvalue weighted by atomic mass is 9.78. The van der Waals surface area contributed by atoms with Gasteiger partial charge in [-0.3, -0.25) is 4.79 Å². The van der Waals surface area contributed by atoms with Crippen molar-refractivity contribution in [3.05, 3.63) is 54.3 Å². The van der Waals surface area contributed by atoms with E-state index in [9.17, 15) is 35.1 Å². The van der Waals surface area contributed by atoms with Gasteiger partial charge in [-0.2, -0.15) is 0 Å². The Bertz CT molecular complexity index is 1090. The molecule has 3 heterocycles. The van der Waals surface area contributed by atoms with Gasteiger partial charge in [-0.05, 0) is 37.0 Å². The normalized spacial score (nSPS) is 35.7. The van der Waals surface area contributed by atoms with Crippen LogP contribution in [0.3, 0.4) is 0 Å². The highest BCUT2D eigenvalue weighted by Crippen LogP contribution is 2.39. The lowest BCUT2D eigenvalue weighted by Gasteiger charge is -2.43. The first kappa shape index (κ1) is 31.1. The maximum atomic E-state index is 12.7. The molecule has 41 heavy (non-hydrogen) atoms. The number of rotatable bonds is 10. The molecule has 226 valence electrons. The Morgan fingerprint density at radius 2 is 1.76 bits per heavy atom. The van der Waals surface area contributed by atoms with Crippen LogP contribution in [0.4, 0.5) is 0 Å². The molecule has 12 heteroatoms. The van der Waals surface area contributed by atoms with Gasteiger partial charge in [0.1, 0.15) is 35.9 Å². The molecule has 0 aromatic heterocycles. The number of ketones is 1. The SMILES string of the molecule is C=C[C@H]1[C@@H](O[C@@H]2O[C@@H](CO)[C@@H](O)[C@@H](O)[C@H]2O)OC=C(C(=O)OC)[C@H]1C[C@H]1CC(=O)C[C@H](CCc2ccc(O)cc2)O1. The van der Waals surface area contributed by atoms with Crippen molar-refractivity contribution in [2.75, 3.05) is 13.7 Å². The smallest absolute Gasteiger partial charge is 0.337 e. The fourth-order valence-electron chi connectivity index (χ4n) is 5.57. The molecule has 2 fully saturated rings. The maximum absolute atomic E-state index is 12.7. The van der Waals surface area contributed by atoms with E-state index in [1.54, 1.807) is 12.1 Å². The second kappa shape index (κ2) is 13.9. The zero-order valence-corrected chi connectivity index (χ0v) is 22.8. The van der Waals surface area contributed by atoms with E-state index < -0.39 is 67.5 Å². The van der Waals surface area contributed by atoms with Crippen LogP contribution in [0.2, 0.25) is 0 Å². The summed E-state index contributed by atoms with van der Waals surface area (Å²) in [7, 11) is 1.24. The molecule has 0 spiro atoms. The van der Waals surface area contributed by atoms with Gasteiger partial charge in [-0.25, -0.2) is 4.79 Å². The van der Waals surface area contributed by atoms with E-state index in [1.807, 2.05) is 12.1 Å². The first-order valence-electron chi connectivity index (χ1n) is 13.6. The molecule has 0 amide bonds. The number of ether oxygens (including phenoxy) is 5. The Labute approximate surface area is 237 Å². The lowest BCUT2D eigenvalue weighted by Crippen LogP contribution is -2.60. The number of methoxy groups -OCH3 is 1. The Morgan fingerprint density at radius 1 is 1.05 bits per heavy atom. The lowest BCUT2D eigenvalue weighted by molar-refractivity contribution is -0.339. The predicted octanol–water partition coefficient (Wildman–Crippen LogP) is 0.480. The largest absolute Gasteiger partial charge is 0.508 e. The average Bonchev–Trinajstić information content (AvgIpc) is 2.96. The standard InChI is InChI=1S/C29H38O12/c1-3-20-21(12-19-11-17(32)10-18(39-19)9-6-15-4-7-16(31)8-5-15)22(27(36)37-2)14-38-28(20)41-29-26(35)25(34)24(33)23(13-30)40-29/h3-5,7-8,14,18-21,23-26,28-31,33-35H,1,6,9-13H2,2H3/t18-,19+,20+,21-,23-,24+,25+,26+,28+,29-/m0/s1. The van der Waals surface area contributed by atoms with Gasteiger partial charge >= 0.3 is 5.97 Å². The minimum atomic E-state index is -1.65. The number of benzene rings is 1. The number of hydrogen-bond donors (Lipinski definition) is 5. The molecular formula is C29H38O12. The van der Waals surface area contributed by atoms with Gasteiger partial charge < -0.3 is 49.2 Å². The Hall–Kier alpha value is -2.84. The molecule has 0 saturated carbocycles. The third-order valence-corrected chi connectivity index (χ3v) is 7.82. The van der Waals surface area contributed by atoms with E-state index in [0.29, 0.717) is 12.8 Å². The van der Waals surface area contributed by atoms with Crippen LogP contribution in [0, 0.1) is 11.8 Å². The zero-order chi connectivity index (χ0) is 29.7. The van der Waals surface area contributed by atoms with Crippen LogP contribution in [-0.2, 0) is 39.7 Å². The number of aliphatic hydroxyl groups excluding tert-OH is 4. The van der Waals surface area contributed by atoms with Gasteiger partial charge in [0.2, 0.25) is 6.29 Å². The number of aryl methyl sites for hydroxylation is 1. The molecule has 0 bridgehead atoms. The average molecular weight is 579 g/mol. The Morgan fingerprint density at radius 3 is 2.41 bits per heavy atom. The molecule has 3 aliphatic heterocycles. The molecule has 3 aliphatic rings. The number of carbonyl (C=O) groups excluding carboxylic acids is 2. The number of aliphatic hydroxyl groups is 4. The van der Waals surface area contributed by atoms with Crippen LogP contribution in [0.1, 0.15) is 31.2 Å². The molecule has 12 nitrogen and oxygen atoms in total. The summed E-state index contributed by atoms with van der Waals surface area (Å²) < 4.78 is 28.2. The van der Waals surface area contributed by atoms with E-state index in [0.717, 1.165) is 5.56 Å². The summed E-state index contributed by atoms with van der Waals surface area (Å²) in [5, 5.41) is 49.7. The van der Waals surface area contributed by atoms with Gasteiger partial charge in [-0.1, -0.05) is 18.2 Å². The number of phenolic OH excluding ortho intramolecular Hbond substituents is 1. The van der Waals surface area contributed by atoms with E-state index in [2.05, 4.69) is 6.58 Å². The number of carbonyl (C=O) groups is 2. The number of aromatic hydroxyl groups is 1. The first-order chi connectivity index (χ1) is 19.6. The van der Waals surface area contributed by atoms with Crippen LogP contribution in [0.15, 0.2) is 48.8 Å². The molecular weight excluding hydrogens is 540 g/mol. The predicted molar refractivity (Wildman–Crippen MR) is 141 cm³/mol. The van der Waals surface area contributed by atoms with Crippen molar-refractivity contribution in [2.24, 2.45) is 11.8 Å². The monoisotopic (exact) mass is 578 g/mol. The molecule has 4 rings (SSSR count). The first-order valence-corrected chi connectivity index (χ1v) is 13.6. The molecule has 0 unspecified atom stereocenters. The van der Waals surface area contributed by atoms with Crippen molar-refractivity contribution in [1.82, 2.24) is 0 Å². The van der Waals surface area contributed by atoms with Gasteiger partial charge in [-0.15, -0.1) is 6.58 Å². The van der Waals surface area contributed by atoms with E-state index >= 15 is 0 Å².